The standard InChI is InChI=1S/C33H42N8O3/c1-33(2,3)44-32(42)41-19-18-40(20-23(41)11-14-34)30-26-13-17-39(29-12-15-35-27-10-6-5-9-25(27)29)21-28(26)36-31(37-30)43-22-24-8-7-16-38(24)4/h5-6,9-10,12,15,23-24H,7-8,11,13,16-22H2,1-4H3/t23-,24-/m0/s1. The topological polar surface area (TPSA) is 111 Å². The summed E-state index contributed by atoms with van der Waals surface area (Å²) in [5, 5.41) is 10.8. The maximum Gasteiger partial charge on any atom is 0.410 e. The number of piperazine rings is 1. The summed E-state index contributed by atoms with van der Waals surface area (Å²) in [6, 6.07) is 13.0. The number of likely N-dealkylation sites (N-methyl/N-ethyl adjacent to an activating group) is 1. The molecule has 5 heterocycles. The number of carbonyl (C=O) groups is 1. The summed E-state index contributed by atoms with van der Waals surface area (Å²) in [6.45, 7) is 10.1. The molecular weight excluding hydrogens is 556 g/mol. The summed E-state index contributed by atoms with van der Waals surface area (Å²) in [4.78, 5) is 36.2. The van der Waals surface area contributed by atoms with Gasteiger partial charge in [-0.25, -0.2) is 4.79 Å². The third-order valence-electron chi connectivity index (χ3n) is 8.80. The molecule has 0 aliphatic carbocycles. The van der Waals surface area contributed by atoms with E-state index in [4.69, 9.17) is 19.4 Å². The van der Waals surface area contributed by atoms with Crippen LogP contribution in [0.2, 0.25) is 0 Å². The highest BCUT2D eigenvalue weighted by Gasteiger charge is 2.36. The van der Waals surface area contributed by atoms with Crippen LogP contribution in [0.15, 0.2) is 36.5 Å². The zero-order chi connectivity index (χ0) is 30.8. The lowest BCUT2D eigenvalue weighted by molar-refractivity contribution is 0.0144. The number of nitrogens with zero attached hydrogens (tertiary/aromatic N) is 8. The van der Waals surface area contributed by atoms with Crippen molar-refractivity contribution in [2.75, 3.05) is 56.2 Å². The lowest BCUT2D eigenvalue weighted by atomic mass is 10.0. The van der Waals surface area contributed by atoms with Gasteiger partial charge in [-0.05, 0) is 65.8 Å². The summed E-state index contributed by atoms with van der Waals surface area (Å²) in [6.07, 6.45) is 4.72. The van der Waals surface area contributed by atoms with E-state index in [-0.39, 0.29) is 18.6 Å². The lowest BCUT2D eigenvalue weighted by Crippen LogP contribution is -2.56. The average molecular weight is 599 g/mol. The van der Waals surface area contributed by atoms with Gasteiger partial charge in [0, 0.05) is 55.1 Å². The number of benzene rings is 1. The molecule has 44 heavy (non-hydrogen) atoms. The number of fused-ring (bicyclic) bond motifs is 2. The van der Waals surface area contributed by atoms with Crippen molar-refractivity contribution in [3.05, 3.63) is 47.8 Å². The zero-order valence-electron chi connectivity index (χ0n) is 26.2. The molecule has 0 N–H and O–H groups in total. The Morgan fingerprint density at radius 2 is 1.91 bits per heavy atom. The summed E-state index contributed by atoms with van der Waals surface area (Å²) in [5.74, 6) is 0.843. The quantitative estimate of drug-likeness (QED) is 0.405. The molecule has 1 amide bonds. The third kappa shape index (κ3) is 6.36. The fourth-order valence-corrected chi connectivity index (χ4v) is 6.53. The largest absolute Gasteiger partial charge is 0.462 e. The predicted molar refractivity (Wildman–Crippen MR) is 169 cm³/mol. The van der Waals surface area contributed by atoms with Gasteiger partial charge in [0.25, 0.3) is 0 Å². The number of hydrogen-bond donors (Lipinski definition) is 0. The average Bonchev–Trinajstić information content (AvgIpc) is 3.42. The van der Waals surface area contributed by atoms with Crippen LogP contribution in [0.25, 0.3) is 10.9 Å². The molecule has 11 heteroatoms. The van der Waals surface area contributed by atoms with Crippen molar-refractivity contribution in [3.8, 4) is 12.1 Å². The molecule has 232 valence electrons. The molecule has 11 nitrogen and oxygen atoms in total. The molecular formula is C33H42N8O3. The Morgan fingerprint density at radius 3 is 2.68 bits per heavy atom. The second-order valence-electron chi connectivity index (χ2n) is 13.0. The molecule has 0 spiro atoms. The highest BCUT2D eigenvalue weighted by molar-refractivity contribution is 5.91. The van der Waals surface area contributed by atoms with Crippen LogP contribution in [0.5, 0.6) is 6.01 Å². The van der Waals surface area contributed by atoms with Crippen LogP contribution in [0.3, 0.4) is 0 Å². The third-order valence-corrected chi connectivity index (χ3v) is 8.80. The van der Waals surface area contributed by atoms with Crippen molar-refractivity contribution in [3.63, 3.8) is 0 Å². The lowest BCUT2D eigenvalue weighted by Gasteiger charge is -2.42. The number of pyridine rings is 1. The fraction of sp³-hybridized carbons (Fsp3) is 0.545. The summed E-state index contributed by atoms with van der Waals surface area (Å²) >= 11 is 0. The zero-order valence-corrected chi connectivity index (χ0v) is 26.2. The van der Waals surface area contributed by atoms with Crippen LogP contribution < -0.4 is 14.5 Å². The van der Waals surface area contributed by atoms with Gasteiger partial charge in [0.15, 0.2) is 0 Å². The molecule has 3 aromatic rings. The molecule has 0 saturated carbocycles. The van der Waals surface area contributed by atoms with Gasteiger partial charge in [-0.2, -0.15) is 15.2 Å². The minimum atomic E-state index is -0.608. The SMILES string of the molecule is CN1CCC[C@H]1COc1nc2c(c(N3CCN(C(=O)OC(C)(C)C)[C@@H](CC#N)C3)n1)CCN(c1ccnc3ccccc13)C2. The van der Waals surface area contributed by atoms with Crippen LogP contribution in [-0.2, 0) is 17.7 Å². The number of ether oxygens (including phenoxy) is 2. The number of rotatable bonds is 6. The normalized spacial score (nSPS) is 20.8. The van der Waals surface area contributed by atoms with Crippen LogP contribution in [-0.4, -0.2) is 94.9 Å². The highest BCUT2D eigenvalue weighted by Crippen LogP contribution is 2.34. The van der Waals surface area contributed by atoms with Gasteiger partial charge in [-0.1, -0.05) is 18.2 Å². The number of nitriles is 1. The van der Waals surface area contributed by atoms with E-state index in [0.29, 0.717) is 44.8 Å². The van der Waals surface area contributed by atoms with E-state index in [1.54, 1.807) is 4.90 Å². The number of aromatic nitrogens is 3. The van der Waals surface area contributed by atoms with Crippen LogP contribution >= 0.6 is 0 Å². The molecule has 0 bridgehead atoms. The number of anilines is 2. The van der Waals surface area contributed by atoms with E-state index >= 15 is 0 Å². The maximum absolute atomic E-state index is 13.0. The number of hydrogen-bond acceptors (Lipinski definition) is 10. The van der Waals surface area contributed by atoms with E-state index in [2.05, 4.69) is 44.9 Å². The number of likely N-dealkylation sites (tertiary alicyclic amines) is 1. The van der Waals surface area contributed by atoms with Crippen molar-refractivity contribution >= 4 is 28.5 Å². The highest BCUT2D eigenvalue weighted by atomic mass is 16.6. The Bertz CT molecular complexity index is 1550. The summed E-state index contributed by atoms with van der Waals surface area (Å²) in [5.41, 5.74) is 3.55. The maximum atomic E-state index is 13.0. The molecule has 2 atom stereocenters. The van der Waals surface area contributed by atoms with Crippen LogP contribution in [0.1, 0.15) is 51.3 Å². The molecule has 2 fully saturated rings. The number of carbonyl (C=O) groups excluding carboxylic acids is 1. The Kier molecular flexibility index (Phi) is 8.45. The first-order chi connectivity index (χ1) is 21.2. The second kappa shape index (κ2) is 12.4. The first-order valence-electron chi connectivity index (χ1n) is 15.6. The molecule has 3 aliphatic heterocycles. The van der Waals surface area contributed by atoms with Gasteiger partial charge >= 0.3 is 12.1 Å². The van der Waals surface area contributed by atoms with E-state index in [0.717, 1.165) is 66.0 Å². The van der Waals surface area contributed by atoms with Gasteiger partial charge in [0.1, 0.15) is 18.0 Å². The Balaban J connectivity index is 1.30. The smallest absolute Gasteiger partial charge is 0.410 e. The van der Waals surface area contributed by atoms with Gasteiger partial charge in [0.2, 0.25) is 0 Å². The summed E-state index contributed by atoms with van der Waals surface area (Å²) in [7, 11) is 2.14. The Labute approximate surface area is 259 Å². The predicted octanol–water partition coefficient (Wildman–Crippen LogP) is 4.40. The fourth-order valence-electron chi connectivity index (χ4n) is 6.53. The molecule has 2 aromatic heterocycles. The van der Waals surface area contributed by atoms with Crippen molar-refractivity contribution < 1.29 is 14.3 Å². The number of para-hydroxylation sites is 1. The first-order valence-corrected chi connectivity index (χ1v) is 15.6. The monoisotopic (exact) mass is 598 g/mol. The molecule has 3 aliphatic rings. The number of amides is 1. The molecule has 0 radical (unpaired) electrons. The van der Waals surface area contributed by atoms with Crippen LogP contribution in [0, 0.1) is 11.3 Å². The van der Waals surface area contributed by atoms with Crippen LogP contribution in [0.4, 0.5) is 16.3 Å². The van der Waals surface area contributed by atoms with Crippen molar-refractivity contribution in [1.29, 1.82) is 5.26 Å². The molecule has 0 unspecified atom stereocenters. The minimum Gasteiger partial charge on any atom is -0.462 e. The van der Waals surface area contributed by atoms with Crippen molar-refractivity contribution in [2.24, 2.45) is 0 Å². The Morgan fingerprint density at radius 1 is 1.07 bits per heavy atom. The van der Waals surface area contributed by atoms with E-state index in [9.17, 15) is 10.1 Å². The van der Waals surface area contributed by atoms with Gasteiger partial charge < -0.3 is 29.1 Å². The molecule has 2 saturated heterocycles. The van der Waals surface area contributed by atoms with E-state index in [1.165, 1.54) is 0 Å². The van der Waals surface area contributed by atoms with Gasteiger partial charge in [0.05, 0.1) is 36.3 Å². The molecule has 6 rings (SSSR count). The minimum absolute atomic E-state index is 0.212. The van der Waals surface area contributed by atoms with E-state index in [1.807, 2.05) is 45.2 Å². The first kappa shape index (κ1) is 29.9. The van der Waals surface area contributed by atoms with Gasteiger partial charge in [-0.3, -0.25) is 4.98 Å². The van der Waals surface area contributed by atoms with E-state index < -0.39 is 5.60 Å². The van der Waals surface area contributed by atoms with Crippen molar-refractivity contribution in [2.45, 2.75) is 70.7 Å². The van der Waals surface area contributed by atoms with Gasteiger partial charge in [-0.15, -0.1) is 0 Å². The molecule has 1 aromatic carbocycles. The second-order valence-corrected chi connectivity index (χ2v) is 13.0. The Hall–Kier alpha value is -4.17. The van der Waals surface area contributed by atoms with Crippen molar-refractivity contribution in [1.82, 2.24) is 24.8 Å². The summed E-state index contributed by atoms with van der Waals surface area (Å²) < 4.78 is 12.0.